The van der Waals surface area contributed by atoms with Crippen LogP contribution in [0.5, 0.6) is 5.75 Å². The van der Waals surface area contributed by atoms with Gasteiger partial charge in [-0.2, -0.15) is 10.2 Å². The van der Waals surface area contributed by atoms with E-state index in [2.05, 4.69) is 5.10 Å². The van der Waals surface area contributed by atoms with Crippen molar-refractivity contribution in [3.05, 3.63) is 72.1 Å². The number of aryl methyl sites for hydroxylation is 1. The fraction of sp³-hybridized carbons (Fsp3) is 0.158. The zero-order chi connectivity index (χ0) is 19.9. The molecule has 0 amide bonds. The summed E-state index contributed by atoms with van der Waals surface area (Å²) in [4.78, 5) is 0.0468. The SMILES string of the molecule is Cn1cc([C@@H]2CC(c3cccc(O)c3)=NN2c2ccc(S(N)(=O)=O)cc2)cn1. The second-order valence-electron chi connectivity index (χ2n) is 6.65. The number of hydrazone groups is 1. The van der Waals surface area contributed by atoms with E-state index in [-0.39, 0.29) is 16.7 Å². The van der Waals surface area contributed by atoms with Gasteiger partial charge in [-0.25, -0.2) is 13.6 Å². The van der Waals surface area contributed by atoms with Gasteiger partial charge in [0.2, 0.25) is 10.0 Å². The lowest BCUT2D eigenvalue weighted by atomic mass is 10.0. The molecule has 3 aromatic rings. The largest absolute Gasteiger partial charge is 0.508 e. The van der Waals surface area contributed by atoms with Crippen molar-refractivity contribution >= 4 is 21.4 Å². The molecule has 1 aliphatic heterocycles. The Hall–Kier alpha value is -3.17. The lowest BCUT2D eigenvalue weighted by Crippen LogP contribution is -2.18. The molecule has 0 aliphatic carbocycles. The number of aromatic nitrogens is 2. The number of anilines is 1. The Bertz CT molecular complexity index is 1150. The van der Waals surface area contributed by atoms with Crippen molar-refractivity contribution in [1.82, 2.24) is 9.78 Å². The normalized spacial score (nSPS) is 17.0. The predicted molar refractivity (Wildman–Crippen MR) is 106 cm³/mol. The number of hydrogen-bond acceptors (Lipinski definition) is 6. The van der Waals surface area contributed by atoms with E-state index < -0.39 is 10.0 Å². The van der Waals surface area contributed by atoms with Crippen LogP contribution >= 0.6 is 0 Å². The van der Waals surface area contributed by atoms with Gasteiger partial charge in [-0.3, -0.25) is 9.69 Å². The van der Waals surface area contributed by atoms with Crippen LogP contribution in [-0.4, -0.2) is 29.0 Å². The molecule has 2 aromatic carbocycles. The number of hydrogen-bond donors (Lipinski definition) is 2. The molecule has 0 saturated heterocycles. The molecule has 28 heavy (non-hydrogen) atoms. The monoisotopic (exact) mass is 397 g/mol. The summed E-state index contributed by atoms with van der Waals surface area (Å²) in [6, 6.07) is 13.1. The van der Waals surface area contributed by atoms with Gasteiger partial charge in [0.1, 0.15) is 5.75 Å². The molecule has 4 rings (SSSR count). The molecule has 8 nitrogen and oxygen atoms in total. The minimum Gasteiger partial charge on any atom is -0.508 e. The zero-order valence-electron chi connectivity index (χ0n) is 15.1. The molecule has 0 bridgehead atoms. The Morgan fingerprint density at radius 3 is 2.54 bits per heavy atom. The molecule has 1 atom stereocenters. The molecule has 0 unspecified atom stereocenters. The average Bonchev–Trinajstić information content (AvgIpc) is 3.27. The molecule has 1 aromatic heterocycles. The van der Waals surface area contributed by atoms with Crippen LogP contribution in [0.25, 0.3) is 0 Å². The molecule has 9 heteroatoms. The average molecular weight is 397 g/mol. The first-order valence-corrected chi connectivity index (χ1v) is 10.1. The van der Waals surface area contributed by atoms with E-state index in [1.807, 2.05) is 24.3 Å². The van der Waals surface area contributed by atoms with E-state index in [9.17, 15) is 13.5 Å². The highest BCUT2D eigenvalue weighted by molar-refractivity contribution is 7.89. The van der Waals surface area contributed by atoms with Gasteiger partial charge in [-0.05, 0) is 36.4 Å². The van der Waals surface area contributed by atoms with E-state index in [1.54, 1.807) is 41.2 Å². The quantitative estimate of drug-likeness (QED) is 0.700. The fourth-order valence-corrected chi connectivity index (χ4v) is 3.78. The molecular formula is C19H19N5O3S. The van der Waals surface area contributed by atoms with Crippen LogP contribution < -0.4 is 10.1 Å². The minimum absolute atomic E-state index is 0.0468. The molecule has 0 spiro atoms. The first kappa shape index (κ1) is 18.2. The summed E-state index contributed by atoms with van der Waals surface area (Å²) in [6.45, 7) is 0. The van der Waals surface area contributed by atoms with Crippen molar-refractivity contribution in [3.8, 4) is 5.75 Å². The van der Waals surface area contributed by atoms with Crippen LogP contribution in [-0.2, 0) is 17.1 Å². The smallest absolute Gasteiger partial charge is 0.238 e. The number of phenolic OH excluding ortho intramolecular Hbond substituents is 1. The minimum atomic E-state index is -3.76. The lowest BCUT2D eigenvalue weighted by Gasteiger charge is -2.22. The standard InChI is InChI=1S/C19H19N5O3S/c1-23-12-14(11-21-23)19-10-18(13-3-2-4-16(25)9-13)22-24(19)15-5-7-17(8-6-15)28(20,26)27/h2-9,11-12,19,25H,10H2,1H3,(H2,20,26,27)/t19-/m0/s1. The van der Waals surface area contributed by atoms with Gasteiger partial charge in [0.15, 0.2) is 0 Å². The fourth-order valence-electron chi connectivity index (χ4n) is 3.27. The van der Waals surface area contributed by atoms with Gasteiger partial charge in [0.25, 0.3) is 0 Å². The summed E-state index contributed by atoms with van der Waals surface area (Å²) in [5.74, 6) is 0.175. The third kappa shape index (κ3) is 3.49. The number of rotatable bonds is 4. The van der Waals surface area contributed by atoms with Crippen molar-refractivity contribution in [3.63, 3.8) is 0 Å². The van der Waals surface area contributed by atoms with Crippen molar-refractivity contribution in [2.45, 2.75) is 17.4 Å². The summed E-state index contributed by atoms with van der Waals surface area (Å²) in [5, 5.41) is 25.8. The summed E-state index contributed by atoms with van der Waals surface area (Å²) < 4.78 is 24.8. The highest BCUT2D eigenvalue weighted by Crippen LogP contribution is 2.37. The number of nitrogens with zero attached hydrogens (tertiary/aromatic N) is 4. The maximum atomic E-state index is 11.5. The second-order valence-corrected chi connectivity index (χ2v) is 8.21. The van der Waals surface area contributed by atoms with Gasteiger partial charge in [0, 0.05) is 30.8 Å². The number of phenols is 1. The van der Waals surface area contributed by atoms with Crippen LogP contribution in [0, 0.1) is 0 Å². The Labute approximate surface area is 162 Å². The van der Waals surface area contributed by atoms with Crippen molar-refractivity contribution in [2.75, 3.05) is 5.01 Å². The third-order valence-electron chi connectivity index (χ3n) is 4.63. The van der Waals surface area contributed by atoms with Gasteiger partial charge < -0.3 is 5.11 Å². The van der Waals surface area contributed by atoms with Crippen molar-refractivity contribution < 1.29 is 13.5 Å². The first-order chi connectivity index (χ1) is 13.3. The van der Waals surface area contributed by atoms with E-state index in [0.717, 1.165) is 22.5 Å². The van der Waals surface area contributed by atoms with Gasteiger partial charge >= 0.3 is 0 Å². The van der Waals surface area contributed by atoms with Gasteiger partial charge in [-0.15, -0.1) is 0 Å². The van der Waals surface area contributed by atoms with E-state index in [1.165, 1.54) is 12.1 Å². The van der Waals surface area contributed by atoms with E-state index in [0.29, 0.717) is 6.42 Å². The van der Waals surface area contributed by atoms with Crippen LogP contribution in [0.1, 0.15) is 23.6 Å². The molecule has 2 heterocycles. The van der Waals surface area contributed by atoms with E-state index >= 15 is 0 Å². The highest BCUT2D eigenvalue weighted by Gasteiger charge is 2.31. The van der Waals surface area contributed by atoms with Crippen molar-refractivity contribution in [1.29, 1.82) is 0 Å². The number of nitrogens with two attached hydrogens (primary N) is 1. The number of aromatic hydroxyl groups is 1. The van der Waals surface area contributed by atoms with Gasteiger partial charge in [-0.1, -0.05) is 12.1 Å². The van der Waals surface area contributed by atoms with Crippen LogP contribution in [0.15, 0.2) is 70.9 Å². The highest BCUT2D eigenvalue weighted by atomic mass is 32.2. The van der Waals surface area contributed by atoms with E-state index in [4.69, 9.17) is 10.2 Å². The topological polar surface area (TPSA) is 114 Å². The molecule has 0 fully saturated rings. The van der Waals surface area contributed by atoms with Crippen LogP contribution in [0.3, 0.4) is 0 Å². The Morgan fingerprint density at radius 1 is 1.18 bits per heavy atom. The van der Waals surface area contributed by atoms with Crippen molar-refractivity contribution in [2.24, 2.45) is 17.3 Å². The van der Waals surface area contributed by atoms with Gasteiger partial charge in [0.05, 0.1) is 28.5 Å². The number of sulfonamides is 1. The summed E-state index contributed by atoms with van der Waals surface area (Å²) >= 11 is 0. The molecule has 0 radical (unpaired) electrons. The lowest BCUT2D eigenvalue weighted by molar-refractivity contribution is 0.475. The third-order valence-corrected chi connectivity index (χ3v) is 5.56. The zero-order valence-corrected chi connectivity index (χ0v) is 15.9. The van der Waals surface area contributed by atoms with Crippen LogP contribution in [0.4, 0.5) is 5.69 Å². The first-order valence-electron chi connectivity index (χ1n) is 8.59. The second kappa shape index (κ2) is 6.77. The summed E-state index contributed by atoms with van der Waals surface area (Å²) in [7, 11) is -1.91. The molecule has 0 saturated carbocycles. The molecular weight excluding hydrogens is 378 g/mol. The molecule has 1 aliphatic rings. The summed E-state index contributed by atoms with van der Waals surface area (Å²) in [6.07, 6.45) is 4.33. The Morgan fingerprint density at radius 2 is 1.93 bits per heavy atom. The Balaban J connectivity index is 1.75. The maximum Gasteiger partial charge on any atom is 0.238 e. The predicted octanol–water partition coefficient (Wildman–Crippen LogP) is 2.13. The van der Waals surface area contributed by atoms with Crippen LogP contribution in [0.2, 0.25) is 0 Å². The Kier molecular flexibility index (Phi) is 4.40. The molecule has 3 N–H and O–H groups in total. The number of primary sulfonamides is 1. The maximum absolute atomic E-state index is 11.5. The number of benzene rings is 2. The molecule has 144 valence electrons. The summed E-state index contributed by atoms with van der Waals surface area (Å²) in [5.41, 5.74) is 3.37.